The molecule has 2 heteroatoms. The highest BCUT2D eigenvalue weighted by Crippen LogP contribution is 2.44. The standard InChI is InChI=1S/C52H46O2/c1-3-5-7-13-33-53-39-19-15-17-37(35-39)25-27-45-41-21-9-11-23-43(41)47-30-32-50-46(28-26-38-18-16-20-40(36-38)54-34-14-8-6-4-2)42-22-10-12-24-44(42)48-29-31-49(45)51(47)52(48)50/h9-12,15-24,29-32,35-36H,3-8,13-14,33-34H2,1-2H3. The van der Waals surface area contributed by atoms with Gasteiger partial charge < -0.3 is 9.47 Å². The van der Waals surface area contributed by atoms with E-state index in [1.54, 1.807) is 0 Å². The Kier molecular flexibility index (Phi) is 10.6. The highest BCUT2D eigenvalue weighted by molar-refractivity contribution is 6.35. The van der Waals surface area contributed by atoms with Crippen LogP contribution in [0.1, 0.15) is 87.5 Å². The lowest BCUT2D eigenvalue weighted by molar-refractivity contribution is 0.305. The van der Waals surface area contributed by atoms with Crippen molar-refractivity contribution in [2.45, 2.75) is 65.2 Å². The molecule has 0 radical (unpaired) electrons. The van der Waals surface area contributed by atoms with Crippen molar-refractivity contribution < 1.29 is 9.47 Å². The summed E-state index contributed by atoms with van der Waals surface area (Å²) in [6.45, 7) is 5.93. The summed E-state index contributed by atoms with van der Waals surface area (Å²) in [6, 6.07) is 42.9. The topological polar surface area (TPSA) is 18.5 Å². The van der Waals surface area contributed by atoms with Crippen LogP contribution in [0.3, 0.4) is 0 Å². The second kappa shape index (κ2) is 16.4. The van der Waals surface area contributed by atoms with Crippen LogP contribution in [0, 0.1) is 23.7 Å². The van der Waals surface area contributed by atoms with Crippen LogP contribution < -0.4 is 9.47 Å². The third kappa shape index (κ3) is 7.18. The van der Waals surface area contributed by atoms with Gasteiger partial charge in [-0.1, -0.05) is 161 Å². The first-order valence-corrected chi connectivity index (χ1v) is 19.8. The van der Waals surface area contributed by atoms with Crippen molar-refractivity contribution in [3.05, 3.63) is 144 Å². The van der Waals surface area contributed by atoms with Gasteiger partial charge >= 0.3 is 0 Å². The molecule has 266 valence electrons. The molecular weight excluding hydrogens is 657 g/mol. The van der Waals surface area contributed by atoms with Gasteiger partial charge in [0.05, 0.1) is 13.2 Å². The Morgan fingerprint density at radius 3 is 1.24 bits per heavy atom. The van der Waals surface area contributed by atoms with Crippen molar-refractivity contribution in [1.29, 1.82) is 0 Å². The van der Waals surface area contributed by atoms with E-state index in [0.29, 0.717) is 0 Å². The molecule has 0 N–H and O–H groups in total. The Balaban J connectivity index is 1.25. The van der Waals surface area contributed by atoms with Crippen molar-refractivity contribution >= 4 is 53.9 Å². The minimum atomic E-state index is 0.734. The van der Waals surface area contributed by atoms with E-state index in [1.165, 1.54) is 70.8 Å². The molecule has 0 heterocycles. The molecule has 0 atom stereocenters. The third-order valence-corrected chi connectivity index (χ3v) is 10.5. The number of hydrogen-bond donors (Lipinski definition) is 0. The SMILES string of the molecule is CCCCCCOc1cccc(C#Cc2c3ccccc3c3ccc4c(C#Cc5cccc(OCCCCCC)c5)c5ccccc5c5ccc2c3c45)c1. The van der Waals surface area contributed by atoms with Crippen LogP contribution in [0.4, 0.5) is 0 Å². The highest BCUT2D eigenvalue weighted by atomic mass is 16.5. The van der Waals surface area contributed by atoms with Crippen LogP contribution in [0.25, 0.3) is 53.9 Å². The molecule has 0 saturated heterocycles. The van der Waals surface area contributed by atoms with Gasteiger partial charge in [0.2, 0.25) is 0 Å². The minimum Gasteiger partial charge on any atom is -0.494 e. The number of rotatable bonds is 12. The van der Waals surface area contributed by atoms with Crippen molar-refractivity contribution in [1.82, 2.24) is 0 Å². The zero-order valence-electron chi connectivity index (χ0n) is 31.4. The summed E-state index contributed by atoms with van der Waals surface area (Å²) >= 11 is 0. The van der Waals surface area contributed by atoms with Crippen LogP contribution in [-0.2, 0) is 0 Å². The van der Waals surface area contributed by atoms with Gasteiger partial charge in [0.15, 0.2) is 0 Å². The number of hydrogen-bond acceptors (Lipinski definition) is 2. The van der Waals surface area contributed by atoms with Gasteiger partial charge in [0.25, 0.3) is 0 Å². The molecule has 2 nitrogen and oxygen atoms in total. The normalized spacial score (nSPS) is 11.2. The summed E-state index contributed by atoms with van der Waals surface area (Å²) in [5.74, 6) is 16.1. The maximum atomic E-state index is 6.11. The minimum absolute atomic E-state index is 0.734. The fraction of sp³-hybridized carbons (Fsp3) is 0.231. The molecule has 0 unspecified atom stereocenters. The molecule has 0 aliphatic carbocycles. The van der Waals surface area contributed by atoms with E-state index in [4.69, 9.17) is 9.47 Å². The van der Waals surface area contributed by atoms with Gasteiger partial charge in [-0.05, 0) is 103 Å². The summed E-state index contributed by atoms with van der Waals surface area (Å²) in [5.41, 5.74) is 3.99. The summed E-state index contributed by atoms with van der Waals surface area (Å²) in [4.78, 5) is 0. The molecule has 0 fully saturated rings. The first-order valence-electron chi connectivity index (χ1n) is 19.8. The Bertz CT molecular complexity index is 2520. The van der Waals surface area contributed by atoms with Gasteiger partial charge in [0, 0.05) is 22.3 Å². The molecule has 0 aromatic heterocycles. The quantitative estimate of drug-likeness (QED) is 0.0546. The van der Waals surface area contributed by atoms with Crippen LogP contribution in [0.2, 0.25) is 0 Å². The van der Waals surface area contributed by atoms with Crippen molar-refractivity contribution in [3.8, 4) is 35.2 Å². The fourth-order valence-corrected chi connectivity index (χ4v) is 7.83. The summed E-state index contributed by atoms with van der Waals surface area (Å²) in [6.07, 6.45) is 9.48. The van der Waals surface area contributed by atoms with Crippen LogP contribution in [0.5, 0.6) is 11.5 Å². The van der Waals surface area contributed by atoms with Gasteiger partial charge in [-0.3, -0.25) is 0 Å². The summed E-state index contributed by atoms with van der Waals surface area (Å²) in [5, 5.41) is 12.0. The van der Waals surface area contributed by atoms with E-state index >= 15 is 0 Å². The lowest BCUT2D eigenvalue weighted by Crippen LogP contribution is -1.97. The number of benzene rings is 8. The zero-order chi connectivity index (χ0) is 36.7. The Hall–Kier alpha value is -5.96. The van der Waals surface area contributed by atoms with E-state index in [0.717, 1.165) is 81.4 Å². The average molecular weight is 703 g/mol. The van der Waals surface area contributed by atoms with E-state index < -0.39 is 0 Å². The van der Waals surface area contributed by atoms with Gasteiger partial charge in [-0.2, -0.15) is 0 Å². The average Bonchev–Trinajstić information content (AvgIpc) is 3.21. The lowest BCUT2D eigenvalue weighted by atomic mass is 9.84. The van der Waals surface area contributed by atoms with E-state index in [-0.39, 0.29) is 0 Å². The zero-order valence-corrected chi connectivity index (χ0v) is 31.4. The Morgan fingerprint density at radius 2 is 0.796 bits per heavy atom. The second-order valence-electron chi connectivity index (χ2n) is 14.3. The predicted octanol–water partition coefficient (Wildman–Crippen LogP) is 13.6. The summed E-state index contributed by atoms with van der Waals surface area (Å²) < 4.78 is 12.2. The predicted molar refractivity (Wildman–Crippen MR) is 229 cm³/mol. The monoisotopic (exact) mass is 702 g/mol. The molecule has 0 aliphatic heterocycles. The molecule has 0 bridgehead atoms. The van der Waals surface area contributed by atoms with Crippen LogP contribution >= 0.6 is 0 Å². The molecule has 0 saturated carbocycles. The molecule has 8 rings (SSSR count). The van der Waals surface area contributed by atoms with Crippen molar-refractivity contribution in [3.63, 3.8) is 0 Å². The van der Waals surface area contributed by atoms with Crippen molar-refractivity contribution in [2.75, 3.05) is 13.2 Å². The van der Waals surface area contributed by atoms with Gasteiger partial charge in [-0.25, -0.2) is 0 Å². The third-order valence-electron chi connectivity index (χ3n) is 10.5. The summed E-state index contributed by atoms with van der Waals surface area (Å²) in [7, 11) is 0. The molecule has 54 heavy (non-hydrogen) atoms. The van der Waals surface area contributed by atoms with Crippen molar-refractivity contribution in [2.24, 2.45) is 0 Å². The van der Waals surface area contributed by atoms with E-state index in [1.807, 2.05) is 24.3 Å². The first-order chi connectivity index (χ1) is 26.7. The van der Waals surface area contributed by atoms with E-state index in [2.05, 4.69) is 135 Å². The molecule has 0 spiro atoms. The second-order valence-corrected chi connectivity index (χ2v) is 14.3. The Labute approximate surface area is 319 Å². The maximum Gasteiger partial charge on any atom is 0.120 e. The lowest BCUT2D eigenvalue weighted by Gasteiger charge is -2.18. The smallest absolute Gasteiger partial charge is 0.120 e. The number of ether oxygens (including phenoxy) is 2. The molecule has 8 aromatic carbocycles. The Morgan fingerprint density at radius 1 is 0.370 bits per heavy atom. The molecule has 0 amide bonds. The highest BCUT2D eigenvalue weighted by Gasteiger charge is 2.19. The van der Waals surface area contributed by atoms with E-state index in [9.17, 15) is 0 Å². The number of fused-ring (bicyclic) bond motifs is 4. The molecular formula is C52H46O2. The maximum absolute atomic E-state index is 6.11. The number of unbranched alkanes of at least 4 members (excludes halogenated alkanes) is 6. The largest absolute Gasteiger partial charge is 0.494 e. The van der Waals surface area contributed by atoms with Gasteiger partial charge in [-0.15, -0.1) is 0 Å². The fourth-order valence-electron chi connectivity index (χ4n) is 7.83. The molecule has 0 aliphatic rings. The van der Waals surface area contributed by atoms with Crippen LogP contribution in [-0.4, -0.2) is 13.2 Å². The van der Waals surface area contributed by atoms with Crippen LogP contribution in [0.15, 0.2) is 121 Å². The first kappa shape index (κ1) is 35.1. The molecule has 8 aromatic rings. The van der Waals surface area contributed by atoms with Gasteiger partial charge in [0.1, 0.15) is 11.5 Å².